The van der Waals surface area contributed by atoms with Gasteiger partial charge in [-0.05, 0) is 29.8 Å². The second-order valence-corrected chi connectivity index (χ2v) is 7.04. The molecule has 8 heteroatoms. The highest BCUT2D eigenvalue weighted by atomic mass is 35.5. The van der Waals surface area contributed by atoms with Gasteiger partial charge in [0, 0.05) is 24.7 Å². The first kappa shape index (κ1) is 21.7. The summed E-state index contributed by atoms with van der Waals surface area (Å²) >= 11 is 6.00. The van der Waals surface area contributed by atoms with Gasteiger partial charge in [-0.2, -0.15) is 0 Å². The number of likely N-dealkylation sites (tertiary alicyclic amines) is 1. The molecule has 1 aliphatic rings. The molecule has 1 aliphatic heterocycles. The first-order valence-corrected chi connectivity index (χ1v) is 9.56. The average Bonchev–Trinajstić information content (AvgIpc) is 3.02. The molecule has 1 heterocycles. The molecule has 1 atom stereocenters. The molecule has 0 radical (unpaired) electrons. The minimum absolute atomic E-state index is 0.0260. The van der Waals surface area contributed by atoms with Gasteiger partial charge in [0.25, 0.3) is 11.7 Å². The van der Waals surface area contributed by atoms with E-state index in [1.54, 1.807) is 42.5 Å². The maximum Gasteiger partial charge on any atom is 0.295 e. The van der Waals surface area contributed by atoms with E-state index < -0.39 is 17.7 Å². The summed E-state index contributed by atoms with van der Waals surface area (Å²) in [5.74, 6) is -0.974. The molecule has 1 fully saturated rings. The van der Waals surface area contributed by atoms with E-state index in [-0.39, 0.29) is 30.0 Å². The number of rotatable bonds is 7. The minimum Gasteiger partial charge on any atom is -0.507 e. The van der Waals surface area contributed by atoms with Crippen LogP contribution in [-0.2, 0) is 14.3 Å². The Labute approximate surface area is 179 Å². The average molecular weight is 432 g/mol. The number of amides is 1. The monoisotopic (exact) mass is 431 g/mol. The Morgan fingerprint density at radius 2 is 1.77 bits per heavy atom. The van der Waals surface area contributed by atoms with Crippen LogP contribution in [0.5, 0.6) is 11.5 Å². The third-order valence-electron chi connectivity index (χ3n) is 4.93. The molecule has 7 nitrogen and oxygen atoms in total. The highest BCUT2D eigenvalue weighted by Gasteiger charge is 2.46. The Morgan fingerprint density at radius 3 is 2.37 bits per heavy atom. The molecule has 0 bridgehead atoms. The second kappa shape index (κ2) is 9.19. The van der Waals surface area contributed by atoms with Crippen molar-refractivity contribution >= 4 is 29.1 Å². The van der Waals surface area contributed by atoms with Crippen molar-refractivity contribution in [3.8, 4) is 11.5 Å². The fraction of sp³-hybridized carbons (Fsp3) is 0.273. The van der Waals surface area contributed by atoms with E-state index in [0.29, 0.717) is 22.1 Å². The van der Waals surface area contributed by atoms with Crippen LogP contribution < -0.4 is 9.47 Å². The highest BCUT2D eigenvalue weighted by Crippen LogP contribution is 2.41. The number of aliphatic hydroxyl groups excluding tert-OH is 1. The number of halogens is 1. The van der Waals surface area contributed by atoms with Crippen LogP contribution in [0.25, 0.3) is 5.76 Å². The number of benzene rings is 2. The third kappa shape index (κ3) is 3.99. The molecule has 0 aromatic heterocycles. The van der Waals surface area contributed by atoms with E-state index in [4.69, 9.17) is 25.8 Å². The van der Waals surface area contributed by atoms with Crippen molar-refractivity contribution in [3.63, 3.8) is 0 Å². The summed E-state index contributed by atoms with van der Waals surface area (Å²) in [4.78, 5) is 27.1. The smallest absolute Gasteiger partial charge is 0.295 e. The number of carbonyl (C=O) groups is 2. The summed E-state index contributed by atoms with van der Waals surface area (Å²) in [5, 5.41) is 11.6. The standard InChI is InChI=1S/C22H22ClNO6/c1-28-11-10-24-19(13-4-6-14(23)7-5-13)18(21(26)22(24)27)20(25)16-9-8-15(29-2)12-17(16)30-3/h4-9,12,19,25H,10-11H2,1-3H3/b20-18-. The van der Waals surface area contributed by atoms with Crippen LogP contribution in [0.3, 0.4) is 0 Å². The summed E-state index contributed by atoms with van der Waals surface area (Å²) in [7, 11) is 4.46. The molecule has 2 aromatic carbocycles. The van der Waals surface area contributed by atoms with Crippen LogP contribution in [0.1, 0.15) is 17.2 Å². The molecule has 0 aliphatic carbocycles. The number of ether oxygens (including phenoxy) is 3. The first-order chi connectivity index (χ1) is 14.4. The fourth-order valence-corrected chi connectivity index (χ4v) is 3.56. The number of ketones is 1. The summed E-state index contributed by atoms with van der Waals surface area (Å²) in [6.07, 6.45) is 0. The molecular formula is C22H22ClNO6. The number of nitrogens with zero attached hydrogens (tertiary/aromatic N) is 1. The lowest BCUT2D eigenvalue weighted by Gasteiger charge is -2.25. The maximum absolute atomic E-state index is 12.9. The fourth-order valence-electron chi connectivity index (χ4n) is 3.43. The molecule has 0 saturated carbocycles. The molecular weight excluding hydrogens is 410 g/mol. The van der Waals surface area contributed by atoms with Crippen molar-refractivity contribution in [1.29, 1.82) is 0 Å². The van der Waals surface area contributed by atoms with E-state index in [1.165, 1.54) is 26.2 Å². The van der Waals surface area contributed by atoms with Crippen LogP contribution in [-0.4, -0.2) is 56.2 Å². The van der Waals surface area contributed by atoms with E-state index in [9.17, 15) is 14.7 Å². The van der Waals surface area contributed by atoms with Crippen LogP contribution in [0, 0.1) is 0 Å². The Balaban J connectivity index is 2.19. The Bertz CT molecular complexity index is 986. The zero-order valence-corrected chi connectivity index (χ0v) is 17.6. The van der Waals surface area contributed by atoms with E-state index >= 15 is 0 Å². The maximum atomic E-state index is 12.9. The van der Waals surface area contributed by atoms with Crippen molar-refractivity contribution in [2.45, 2.75) is 6.04 Å². The number of methoxy groups -OCH3 is 3. The van der Waals surface area contributed by atoms with Gasteiger partial charge in [0.15, 0.2) is 0 Å². The first-order valence-electron chi connectivity index (χ1n) is 9.18. The number of carbonyl (C=O) groups excluding carboxylic acids is 2. The number of aliphatic hydroxyl groups is 1. The summed E-state index contributed by atoms with van der Waals surface area (Å²) < 4.78 is 15.6. The van der Waals surface area contributed by atoms with Crippen molar-refractivity contribution in [2.75, 3.05) is 34.5 Å². The summed E-state index contributed by atoms with van der Waals surface area (Å²) in [5.41, 5.74) is 0.896. The van der Waals surface area contributed by atoms with Gasteiger partial charge in [0.05, 0.1) is 38.0 Å². The van der Waals surface area contributed by atoms with Gasteiger partial charge in [-0.15, -0.1) is 0 Å². The van der Waals surface area contributed by atoms with Crippen LogP contribution in [0.2, 0.25) is 5.02 Å². The van der Waals surface area contributed by atoms with Gasteiger partial charge in [-0.3, -0.25) is 9.59 Å². The number of Topliss-reactive ketones (excluding diaryl/α,β-unsaturated/α-hetero) is 1. The Morgan fingerprint density at radius 1 is 1.07 bits per heavy atom. The normalized spacial score (nSPS) is 18.0. The Kier molecular flexibility index (Phi) is 6.64. The van der Waals surface area contributed by atoms with E-state index in [0.717, 1.165) is 0 Å². The molecule has 2 aromatic rings. The van der Waals surface area contributed by atoms with Gasteiger partial charge >= 0.3 is 0 Å². The van der Waals surface area contributed by atoms with Gasteiger partial charge in [0.2, 0.25) is 0 Å². The molecule has 0 spiro atoms. The molecule has 1 N–H and O–H groups in total. The van der Waals surface area contributed by atoms with E-state index in [2.05, 4.69) is 0 Å². The van der Waals surface area contributed by atoms with Crippen molar-refractivity contribution in [3.05, 3.63) is 64.2 Å². The second-order valence-electron chi connectivity index (χ2n) is 6.60. The van der Waals surface area contributed by atoms with E-state index in [1.807, 2.05) is 0 Å². The topological polar surface area (TPSA) is 85.3 Å². The van der Waals surface area contributed by atoms with Crippen molar-refractivity contribution < 1.29 is 28.9 Å². The van der Waals surface area contributed by atoms with Crippen LogP contribution in [0.15, 0.2) is 48.0 Å². The molecule has 1 saturated heterocycles. The predicted molar refractivity (Wildman–Crippen MR) is 112 cm³/mol. The molecule has 3 rings (SSSR count). The minimum atomic E-state index is -0.788. The zero-order chi connectivity index (χ0) is 21.8. The lowest BCUT2D eigenvalue weighted by Crippen LogP contribution is -2.32. The molecule has 1 amide bonds. The summed E-state index contributed by atoms with van der Waals surface area (Å²) in [6.45, 7) is 0.425. The zero-order valence-electron chi connectivity index (χ0n) is 16.8. The molecule has 158 valence electrons. The van der Waals surface area contributed by atoms with Gasteiger partial charge in [-0.1, -0.05) is 23.7 Å². The Hall–Kier alpha value is -3.03. The number of hydrogen-bond donors (Lipinski definition) is 1. The molecule has 1 unspecified atom stereocenters. The van der Waals surface area contributed by atoms with Crippen LogP contribution >= 0.6 is 11.6 Å². The lowest BCUT2D eigenvalue weighted by atomic mass is 9.95. The molecule has 30 heavy (non-hydrogen) atoms. The largest absolute Gasteiger partial charge is 0.507 e. The van der Waals surface area contributed by atoms with Crippen molar-refractivity contribution in [1.82, 2.24) is 4.90 Å². The quantitative estimate of drug-likeness (QED) is 0.410. The predicted octanol–water partition coefficient (Wildman–Crippen LogP) is 3.43. The van der Waals surface area contributed by atoms with Crippen LogP contribution in [0.4, 0.5) is 0 Å². The highest BCUT2D eigenvalue weighted by molar-refractivity contribution is 6.46. The lowest BCUT2D eigenvalue weighted by molar-refractivity contribution is -0.140. The number of hydrogen-bond acceptors (Lipinski definition) is 6. The van der Waals surface area contributed by atoms with Gasteiger partial charge in [0.1, 0.15) is 17.3 Å². The third-order valence-corrected chi connectivity index (χ3v) is 5.18. The summed E-state index contributed by atoms with van der Waals surface area (Å²) in [6, 6.07) is 10.8. The van der Waals surface area contributed by atoms with Gasteiger partial charge in [-0.25, -0.2) is 0 Å². The van der Waals surface area contributed by atoms with Crippen molar-refractivity contribution in [2.24, 2.45) is 0 Å². The SMILES string of the molecule is COCCN1C(=O)C(=O)/C(=C(\O)c2ccc(OC)cc2OC)C1c1ccc(Cl)cc1. The van der Waals surface area contributed by atoms with Gasteiger partial charge < -0.3 is 24.2 Å².